The molecule has 3 rings (SSSR count). The third-order valence-corrected chi connectivity index (χ3v) is 3.84. The van der Waals surface area contributed by atoms with Crippen LogP contribution in [0.2, 0.25) is 5.02 Å². The van der Waals surface area contributed by atoms with E-state index in [1.165, 1.54) is 4.80 Å². The molecule has 1 atom stereocenters. The molecule has 1 aromatic heterocycles. The van der Waals surface area contributed by atoms with Gasteiger partial charge in [-0.1, -0.05) is 30.3 Å². The molecular formula is C18H16ClN3O3. The summed E-state index contributed by atoms with van der Waals surface area (Å²) in [6.45, 7) is 4.77. The van der Waals surface area contributed by atoms with Gasteiger partial charge in [0.2, 0.25) is 0 Å². The van der Waals surface area contributed by atoms with Gasteiger partial charge in [-0.3, -0.25) is 0 Å². The smallest absolute Gasteiger partial charge is 0.333 e. The van der Waals surface area contributed by atoms with Crippen LogP contribution in [0.25, 0.3) is 16.7 Å². The van der Waals surface area contributed by atoms with E-state index >= 15 is 0 Å². The molecule has 0 fully saturated rings. The summed E-state index contributed by atoms with van der Waals surface area (Å²) in [5.74, 6) is -0.542. The van der Waals surface area contributed by atoms with Crippen LogP contribution < -0.4 is 0 Å². The van der Waals surface area contributed by atoms with Crippen molar-refractivity contribution in [3.63, 3.8) is 0 Å². The highest BCUT2D eigenvalue weighted by Gasteiger charge is 2.16. The topological polar surface area (TPSA) is 77.2 Å². The number of carbonyl (C=O) groups excluding carboxylic acids is 1. The van der Waals surface area contributed by atoms with Gasteiger partial charge in [0.15, 0.2) is 6.10 Å². The molecule has 0 aliphatic carbocycles. The molecule has 0 amide bonds. The molecule has 0 aliphatic rings. The summed E-state index contributed by atoms with van der Waals surface area (Å²) < 4.78 is 5.21. The summed E-state index contributed by atoms with van der Waals surface area (Å²) in [5.41, 5.74) is 3.11. The monoisotopic (exact) mass is 357 g/mol. The van der Waals surface area contributed by atoms with Crippen molar-refractivity contribution in [2.75, 3.05) is 6.61 Å². The van der Waals surface area contributed by atoms with Gasteiger partial charge in [0, 0.05) is 10.6 Å². The molecule has 25 heavy (non-hydrogen) atoms. The van der Waals surface area contributed by atoms with Crippen LogP contribution in [0.4, 0.5) is 0 Å². The molecule has 0 saturated carbocycles. The fraction of sp³-hybridized carbons (Fsp3) is 0.167. The summed E-state index contributed by atoms with van der Waals surface area (Å²) in [4.78, 5) is 13.1. The van der Waals surface area contributed by atoms with Gasteiger partial charge in [-0.2, -0.15) is 4.80 Å². The van der Waals surface area contributed by atoms with Crippen molar-refractivity contribution in [2.24, 2.45) is 0 Å². The highest BCUT2D eigenvalue weighted by molar-refractivity contribution is 6.31. The van der Waals surface area contributed by atoms with Gasteiger partial charge in [-0.15, -0.1) is 10.2 Å². The maximum absolute atomic E-state index is 11.6. The van der Waals surface area contributed by atoms with Crippen LogP contribution in [-0.2, 0) is 9.53 Å². The van der Waals surface area contributed by atoms with Gasteiger partial charge < -0.3 is 9.84 Å². The Labute approximate surface area is 149 Å². The number of fused-ring (bicyclic) bond motifs is 1. The average Bonchev–Trinajstić information content (AvgIpc) is 3.02. The number of ether oxygens (including phenoxy) is 1. The SMILES string of the molecule is C=C(C)C(=O)OC(CO)c1ccc(-n2nc3ccc(Cl)cc3n2)cc1. The molecule has 1 heterocycles. The minimum absolute atomic E-state index is 0.279. The van der Waals surface area contributed by atoms with E-state index in [9.17, 15) is 9.90 Å². The minimum atomic E-state index is -0.748. The number of benzene rings is 2. The van der Waals surface area contributed by atoms with Crippen LogP contribution in [0.3, 0.4) is 0 Å². The van der Waals surface area contributed by atoms with Crippen molar-refractivity contribution >= 4 is 28.6 Å². The molecule has 0 radical (unpaired) electrons. The lowest BCUT2D eigenvalue weighted by atomic mass is 10.1. The quantitative estimate of drug-likeness (QED) is 0.560. The number of hydrogen-bond acceptors (Lipinski definition) is 5. The summed E-state index contributed by atoms with van der Waals surface area (Å²) in [5, 5.41) is 18.8. The molecule has 7 heteroatoms. The number of hydrogen-bond donors (Lipinski definition) is 1. The van der Waals surface area contributed by atoms with Gasteiger partial charge in [0.1, 0.15) is 11.0 Å². The Morgan fingerprint density at radius 1 is 1.24 bits per heavy atom. The zero-order valence-corrected chi connectivity index (χ0v) is 14.3. The highest BCUT2D eigenvalue weighted by atomic mass is 35.5. The van der Waals surface area contributed by atoms with Crippen LogP contribution in [0, 0.1) is 0 Å². The summed E-state index contributed by atoms with van der Waals surface area (Å²) in [7, 11) is 0. The second kappa shape index (κ2) is 7.04. The third kappa shape index (κ3) is 3.70. The Morgan fingerprint density at radius 2 is 1.92 bits per heavy atom. The third-order valence-electron chi connectivity index (χ3n) is 3.60. The number of aliphatic hydroxyl groups is 1. The molecule has 2 aromatic carbocycles. The number of carbonyl (C=O) groups is 1. The van der Waals surface area contributed by atoms with Gasteiger partial charge >= 0.3 is 5.97 Å². The number of aliphatic hydroxyl groups excluding tert-OH is 1. The maximum atomic E-state index is 11.6. The van der Waals surface area contributed by atoms with E-state index in [-0.39, 0.29) is 12.2 Å². The standard InChI is InChI=1S/C18H16ClN3O3/c1-11(2)18(24)25-17(10-23)12-3-6-14(7-4-12)22-20-15-8-5-13(19)9-16(15)21-22/h3-9,17,23H,1,10H2,2H3. The van der Waals surface area contributed by atoms with E-state index in [2.05, 4.69) is 16.8 Å². The van der Waals surface area contributed by atoms with Crippen molar-refractivity contribution in [1.29, 1.82) is 0 Å². The first-order chi connectivity index (χ1) is 12.0. The van der Waals surface area contributed by atoms with E-state index in [4.69, 9.17) is 16.3 Å². The second-order valence-electron chi connectivity index (χ2n) is 5.57. The van der Waals surface area contributed by atoms with E-state index in [1.807, 2.05) is 0 Å². The fourth-order valence-corrected chi connectivity index (χ4v) is 2.43. The Morgan fingerprint density at radius 3 is 2.56 bits per heavy atom. The summed E-state index contributed by atoms with van der Waals surface area (Å²) in [6.07, 6.45) is -0.748. The lowest BCUT2D eigenvalue weighted by Crippen LogP contribution is -2.15. The number of aromatic nitrogens is 3. The Kier molecular flexibility index (Phi) is 4.83. The zero-order valence-electron chi connectivity index (χ0n) is 13.5. The first kappa shape index (κ1) is 17.1. The average molecular weight is 358 g/mol. The lowest BCUT2D eigenvalue weighted by Gasteiger charge is -2.16. The zero-order chi connectivity index (χ0) is 18.0. The van der Waals surface area contributed by atoms with Gasteiger partial charge in [0.05, 0.1) is 12.3 Å². The molecular weight excluding hydrogens is 342 g/mol. The van der Waals surface area contributed by atoms with Gasteiger partial charge in [-0.25, -0.2) is 4.79 Å². The van der Waals surface area contributed by atoms with E-state index in [0.29, 0.717) is 16.1 Å². The highest BCUT2D eigenvalue weighted by Crippen LogP contribution is 2.21. The summed E-state index contributed by atoms with van der Waals surface area (Å²) >= 11 is 5.96. The van der Waals surface area contributed by atoms with E-state index < -0.39 is 12.1 Å². The predicted octanol–water partition coefficient (Wildman–Crippen LogP) is 3.23. The molecule has 128 valence electrons. The van der Waals surface area contributed by atoms with Crippen LogP contribution >= 0.6 is 11.6 Å². The van der Waals surface area contributed by atoms with E-state index in [0.717, 1.165) is 11.2 Å². The molecule has 0 aliphatic heterocycles. The number of esters is 1. The van der Waals surface area contributed by atoms with Crippen molar-refractivity contribution < 1.29 is 14.6 Å². The van der Waals surface area contributed by atoms with Crippen molar-refractivity contribution in [3.8, 4) is 5.69 Å². The molecule has 1 unspecified atom stereocenters. The van der Waals surface area contributed by atoms with Gasteiger partial charge in [-0.05, 0) is 42.8 Å². The number of nitrogens with zero attached hydrogens (tertiary/aromatic N) is 3. The lowest BCUT2D eigenvalue weighted by molar-refractivity contribution is -0.146. The van der Waals surface area contributed by atoms with E-state index in [1.54, 1.807) is 49.4 Å². The Hall–Kier alpha value is -2.70. The van der Waals surface area contributed by atoms with Crippen molar-refractivity contribution in [3.05, 3.63) is 65.2 Å². The first-order valence-electron chi connectivity index (χ1n) is 7.58. The largest absolute Gasteiger partial charge is 0.452 e. The predicted molar refractivity (Wildman–Crippen MR) is 94.6 cm³/mol. The molecule has 0 saturated heterocycles. The number of rotatable bonds is 5. The molecule has 6 nitrogen and oxygen atoms in total. The second-order valence-corrected chi connectivity index (χ2v) is 6.01. The minimum Gasteiger partial charge on any atom is -0.452 e. The normalized spacial score (nSPS) is 12.1. The van der Waals surface area contributed by atoms with Gasteiger partial charge in [0.25, 0.3) is 0 Å². The van der Waals surface area contributed by atoms with Crippen molar-refractivity contribution in [2.45, 2.75) is 13.0 Å². The Bertz CT molecular complexity index is 934. The van der Waals surface area contributed by atoms with Crippen LogP contribution in [0.5, 0.6) is 0 Å². The van der Waals surface area contributed by atoms with Crippen LogP contribution in [-0.4, -0.2) is 32.7 Å². The van der Waals surface area contributed by atoms with Crippen molar-refractivity contribution in [1.82, 2.24) is 15.0 Å². The van der Waals surface area contributed by atoms with Crippen LogP contribution in [0.1, 0.15) is 18.6 Å². The Balaban J connectivity index is 1.85. The maximum Gasteiger partial charge on any atom is 0.333 e. The molecule has 0 bridgehead atoms. The first-order valence-corrected chi connectivity index (χ1v) is 7.96. The molecule has 0 spiro atoms. The molecule has 3 aromatic rings. The summed E-state index contributed by atoms with van der Waals surface area (Å²) in [6, 6.07) is 12.4. The number of halogens is 1. The fourth-order valence-electron chi connectivity index (χ4n) is 2.27. The molecule has 1 N–H and O–H groups in total. The van der Waals surface area contributed by atoms with Crippen LogP contribution in [0.15, 0.2) is 54.6 Å².